The Morgan fingerprint density at radius 1 is 1.13 bits per heavy atom. The topological polar surface area (TPSA) is 87.6 Å². The van der Waals surface area contributed by atoms with E-state index < -0.39 is 0 Å². The van der Waals surface area contributed by atoms with Crippen LogP contribution in [0.5, 0.6) is 0 Å². The standard InChI is InChI=1S/C21H25N5O3S/c1-16-4-6-17(7-5-16)26-20(18-3-2-14-29-18)22-23-21(26)30-15-19(28)25-10-8-24(9-11-25)12-13-27/h2-7,14,27H,8-13,15H2,1H3. The van der Waals surface area contributed by atoms with Gasteiger partial charge in [0.25, 0.3) is 0 Å². The van der Waals surface area contributed by atoms with Gasteiger partial charge >= 0.3 is 0 Å². The molecule has 0 spiro atoms. The molecule has 9 heteroatoms. The lowest BCUT2D eigenvalue weighted by atomic mass is 10.2. The van der Waals surface area contributed by atoms with E-state index in [1.54, 1.807) is 6.26 Å². The van der Waals surface area contributed by atoms with Crippen molar-refractivity contribution < 1.29 is 14.3 Å². The van der Waals surface area contributed by atoms with Crippen LogP contribution in [-0.2, 0) is 4.79 Å². The summed E-state index contributed by atoms with van der Waals surface area (Å²) in [5, 5.41) is 18.4. The molecule has 0 aliphatic carbocycles. The number of carbonyl (C=O) groups excluding carboxylic acids is 1. The number of hydrogen-bond acceptors (Lipinski definition) is 7. The molecule has 1 fully saturated rings. The average Bonchev–Trinajstić information content (AvgIpc) is 3.43. The SMILES string of the molecule is Cc1ccc(-n2c(SCC(=O)N3CCN(CCO)CC3)nnc2-c2ccco2)cc1. The van der Waals surface area contributed by atoms with Crippen LogP contribution in [0.15, 0.2) is 52.2 Å². The fourth-order valence-electron chi connectivity index (χ4n) is 3.44. The van der Waals surface area contributed by atoms with Crippen molar-refractivity contribution in [3.63, 3.8) is 0 Å². The van der Waals surface area contributed by atoms with Gasteiger partial charge in [-0.05, 0) is 31.2 Å². The average molecular weight is 428 g/mol. The molecule has 1 aromatic carbocycles. The molecule has 8 nitrogen and oxygen atoms in total. The van der Waals surface area contributed by atoms with Crippen molar-refractivity contribution in [1.82, 2.24) is 24.6 Å². The number of piperazine rings is 1. The summed E-state index contributed by atoms with van der Waals surface area (Å²) in [5.74, 6) is 1.61. The zero-order chi connectivity index (χ0) is 20.9. The first-order valence-electron chi connectivity index (χ1n) is 9.96. The van der Waals surface area contributed by atoms with Crippen molar-refractivity contribution in [1.29, 1.82) is 0 Å². The number of aliphatic hydroxyl groups is 1. The summed E-state index contributed by atoms with van der Waals surface area (Å²) in [4.78, 5) is 16.8. The minimum atomic E-state index is 0.0849. The van der Waals surface area contributed by atoms with Crippen molar-refractivity contribution in [2.24, 2.45) is 0 Å². The third-order valence-corrected chi connectivity index (χ3v) is 6.05. The lowest BCUT2D eigenvalue weighted by Gasteiger charge is -2.34. The summed E-state index contributed by atoms with van der Waals surface area (Å²) in [6.45, 7) is 5.79. The molecule has 0 atom stereocenters. The molecule has 3 heterocycles. The molecule has 1 saturated heterocycles. The van der Waals surface area contributed by atoms with Crippen LogP contribution in [0.1, 0.15) is 5.56 Å². The maximum absolute atomic E-state index is 12.7. The summed E-state index contributed by atoms with van der Waals surface area (Å²) in [6, 6.07) is 11.8. The van der Waals surface area contributed by atoms with Crippen LogP contribution < -0.4 is 0 Å². The van der Waals surface area contributed by atoms with Crippen LogP contribution in [-0.4, -0.2) is 80.7 Å². The molecular weight excluding hydrogens is 402 g/mol. The number of nitrogens with zero attached hydrogens (tertiary/aromatic N) is 5. The molecule has 0 saturated carbocycles. The minimum absolute atomic E-state index is 0.0849. The number of furan rings is 1. The third kappa shape index (κ3) is 4.58. The fraction of sp³-hybridized carbons (Fsp3) is 0.381. The highest BCUT2D eigenvalue weighted by molar-refractivity contribution is 7.99. The van der Waals surface area contributed by atoms with Crippen LogP contribution in [0.3, 0.4) is 0 Å². The Balaban J connectivity index is 1.49. The van der Waals surface area contributed by atoms with E-state index in [0.717, 1.165) is 24.3 Å². The van der Waals surface area contributed by atoms with Crippen LogP contribution in [0.2, 0.25) is 0 Å². The lowest BCUT2D eigenvalue weighted by molar-refractivity contribution is -0.130. The van der Waals surface area contributed by atoms with Crippen molar-refractivity contribution >= 4 is 17.7 Å². The summed E-state index contributed by atoms with van der Waals surface area (Å²) < 4.78 is 7.47. The highest BCUT2D eigenvalue weighted by Crippen LogP contribution is 2.28. The second-order valence-electron chi connectivity index (χ2n) is 7.19. The minimum Gasteiger partial charge on any atom is -0.461 e. The monoisotopic (exact) mass is 427 g/mol. The quantitative estimate of drug-likeness (QED) is 0.578. The van der Waals surface area contributed by atoms with E-state index in [9.17, 15) is 4.79 Å². The van der Waals surface area contributed by atoms with Gasteiger partial charge in [-0.1, -0.05) is 29.5 Å². The number of thioether (sulfide) groups is 1. The van der Waals surface area contributed by atoms with Crippen LogP contribution in [0, 0.1) is 6.92 Å². The van der Waals surface area contributed by atoms with Gasteiger partial charge in [-0.2, -0.15) is 0 Å². The van der Waals surface area contributed by atoms with E-state index in [1.807, 2.05) is 52.8 Å². The normalized spacial score (nSPS) is 14.9. The Morgan fingerprint density at radius 2 is 1.90 bits per heavy atom. The number of carbonyl (C=O) groups is 1. The predicted molar refractivity (Wildman–Crippen MR) is 115 cm³/mol. The van der Waals surface area contributed by atoms with Gasteiger partial charge in [0.1, 0.15) is 0 Å². The summed E-state index contributed by atoms with van der Waals surface area (Å²) in [6.07, 6.45) is 1.61. The molecule has 1 aliphatic heterocycles. The van der Waals surface area contributed by atoms with Crippen molar-refractivity contribution in [3.05, 3.63) is 48.2 Å². The molecule has 158 valence electrons. The van der Waals surface area contributed by atoms with Gasteiger partial charge in [-0.15, -0.1) is 10.2 Å². The Labute approximate surface area is 179 Å². The number of aromatic nitrogens is 3. The first kappa shape index (κ1) is 20.6. The molecule has 4 rings (SSSR count). The number of β-amino-alcohol motifs (C(OH)–C–C–N with tert-alkyl or cyclic N) is 1. The van der Waals surface area contributed by atoms with Crippen molar-refractivity contribution in [3.8, 4) is 17.3 Å². The molecule has 0 bridgehead atoms. The van der Waals surface area contributed by atoms with Gasteiger partial charge < -0.3 is 14.4 Å². The van der Waals surface area contributed by atoms with E-state index >= 15 is 0 Å². The highest BCUT2D eigenvalue weighted by atomic mass is 32.2. The maximum Gasteiger partial charge on any atom is 0.233 e. The van der Waals surface area contributed by atoms with E-state index in [-0.39, 0.29) is 12.5 Å². The number of benzene rings is 1. The zero-order valence-electron chi connectivity index (χ0n) is 16.9. The van der Waals surface area contributed by atoms with Crippen LogP contribution >= 0.6 is 11.8 Å². The molecular formula is C21H25N5O3S. The third-order valence-electron chi connectivity index (χ3n) is 5.13. The molecule has 1 N–H and O–H groups in total. The molecule has 3 aromatic rings. The second-order valence-corrected chi connectivity index (χ2v) is 8.13. The maximum atomic E-state index is 12.7. The second kappa shape index (κ2) is 9.46. The number of hydrogen-bond donors (Lipinski definition) is 1. The van der Waals surface area contributed by atoms with E-state index in [0.29, 0.717) is 42.1 Å². The van der Waals surface area contributed by atoms with Crippen molar-refractivity contribution in [2.45, 2.75) is 12.1 Å². The molecule has 30 heavy (non-hydrogen) atoms. The van der Waals surface area contributed by atoms with E-state index in [4.69, 9.17) is 9.52 Å². The van der Waals surface area contributed by atoms with E-state index in [1.165, 1.54) is 11.8 Å². The molecule has 1 aliphatic rings. The Hall–Kier alpha value is -2.62. The Morgan fingerprint density at radius 3 is 2.57 bits per heavy atom. The summed E-state index contributed by atoms with van der Waals surface area (Å²) >= 11 is 1.38. The fourth-order valence-corrected chi connectivity index (χ4v) is 4.29. The van der Waals surface area contributed by atoms with Gasteiger partial charge in [0.15, 0.2) is 10.9 Å². The number of aryl methyl sites for hydroxylation is 1. The molecule has 1 amide bonds. The number of amides is 1. The summed E-state index contributed by atoms with van der Waals surface area (Å²) in [5.41, 5.74) is 2.08. The van der Waals surface area contributed by atoms with Gasteiger partial charge in [-0.3, -0.25) is 14.3 Å². The van der Waals surface area contributed by atoms with E-state index in [2.05, 4.69) is 15.1 Å². The van der Waals surface area contributed by atoms with Crippen LogP contribution in [0.4, 0.5) is 0 Å². The van der Waals surface area contributed by atoms with Gasteiger partial charge in [0.05, 0.1) is 18.6 Å². The van der Waals surface area contributed by atoms with Gasteiger partial charge in [0.2, 0.25) is 11.7 Å². The van der Waals surface area contributed by atoms with Crippen molar-refractivity contribution in [2.75, 3.05) is 45.1 Å². The number of rotatable bonds is 7. The lowest BCUT2D eigenvalue weighted by Crippen LogP contribution is -2.49. The Kier molecular flexibility index (Phi) is 6.51. The van der Waals surface area contributed by atoms with Gasteiger partial charge in [0, 0.05) is 38.4 Å². The molecule has 2 aromatic heterocycles. The smallest absolute Gasteiger partial charge is 0.233 e. The zero-order valence-corrected chi connectivity index (χ0v) is 17.7. The molecule has 0 unspecified atom stereocenters. The highest BCUT2D eigenvalue weighted by Gasteiger charge is 2.23. The first-order valence-corrected chi connectivity index (χ1v) is 10.9. The van der Waals surface area contributed by atoms with Gasteiger partial charge in [-0.25, -0.2) is 0 Å². The number of aliphatic hydroxyl groups excluding tert-OH is 1. The van der Waals surface area contributed by atoms with Crippen LogP contribution in [0.25, 0.3) is 17.3 Å². The molecule has 0 radical (unpaired) electrons. The first-order chi connectivity index (χ1) is 14.7. The predicted octanol–water partition coefficient (Wildman–Crippen LogP) is 2.06. The summed E-state index contributed by atoms with van der Waals surface area (Å²) in [7, 11) is 0. The Bertz CT molecular complexity index is 963. The largest absolute Gasteiger partial charge is 0.461 e.